The predicted octanol–water partition coefficient (Wildman–Crippen LogP) is 4.40. The number of fused-ring (bicyclic) bond motifs is 1. The van der Waals surface area contributed by atoms with E-state index < -0.39 is 5.41 Å². The summed E-state index contributed by atoms with van der Waals surface area (Å²) in [5.74, 6) is 0.568. The normalized spacial score (nSPS) is 13.6. The molecule has 0 radical (unpaired) electrons. The number of anilines is 2. The first-order chi connectivity index (χ1) is 12.8. The summed E-state index contributed by atoms with van der Waals surface area (Å²) < 4.78 is 6.58. The average Bonchev–Trinajstić information content (AvgIpc) is 2.61. The van der Waals surface area contributed by atoms with E-state index in [2.05, 4.69) is 21.2 Å². The molecular formula is C21H23BrN2O3. The third kappa shape index (κ3) is 4.50. The predicted molar refractivity (Wildman–Crippen MR) is 110 cm³/mol. The lowest BCUT2D eigenvalue weighted by Gasteiger charge is -2.34. The molecule has 142 valence electrons. The van der Waals surface area contributed by atoms with Crippen LogP contribution < -0.4 is 15.0 Å². The van der Waals surface area contributed by atoms with Gasteiger partial charge < -0.3 is 15.0 Å². The fourth-order valence-corrected chi connectivity index (χ4v) is 3.36. The molecule has 3 rings (SSSR count). The van der Waals surface area contributed by atoms with Crippen molar-refractivity contribution in [3.05, 3.63) is 52.5 Å². The molecule has 2 aromatic carbocycles. The van der Waals surface area contributed by atoms with Crippen LogP contribution in [0.4, 0.5) is 11.4 Å². The summed E-state index contributed by atoms with van der Waals surface area (Å²) in [5.41, 5.74) is 1.76. The Labute approximate surface area is 167 Å². The van der Waals surface area contributed by atoms with E-state index in [4.69, 9.17) is 4.74 Å². The van der Waals surface area contributed by atoms with Gasteiger partial charge in [0.2, 0.25) is 11.8 Å². The molecule has 0 aliphatic carbocycles. The summed E-state index contributed by atoms with van der Waals surface area (Å²) in [7, 11) is 0. The largest absolute Gasteiger partial charge is 0.490 e. The van der Waals surface area contributed by atoms with Crippen LogP contribution >= 0.6 is 15.9 Å². The van der Waals surface area contributed by atoms with Crippen LogP contribution in [0.15, 0.2) is 46.9 Å². The highest BCUT2D eigenvalue weighted by Crippen LogP contribution is 2.36. The van der Waals surface area contributed by atoms with Crippen molar-refractivity contribution >= 4 is 39.1 Å². The minimum absolute atomic E-state index is 0.0312. The molecule has 1 N–H and O–H groups in total. The fraction of sp³-hybridized carbons (Fsp3) is 0.333. The van der Waals surface area contributed by atoms with Crippen LogP contribution in [-0.2, 0) is 16.0 Å². The summed E-state index contributed by atoms with van der Waals surface area (Å²) in [5, 5.41) is 2.91. The number of hydrogen-bond acceptors (Lipinski definition) is 3. The van der Waals surface area contributed by atoms with E-state index in [0.717, 1.165) is 10.0 Å². The van der Waals surface area contributed by atoms with Crippen LogP contribution in [0.5, 0.6) is 5.75 Å². The van der Waals surface area contributed by atoms with E-state index in [0.29, 0.717) is 30.3 Å². The van der Waals surface area contributed by atoms with E-state index >= 15 is 0 Å². The summed E-state index contributed by atoms with van der Waals surface area (Å²) in [6, 6.07) is 13.0. The summed E-state index contributed by atoms with van der Waals surface area (Å²) in [6.07, 6.45) is 0.264. The van der Waals surface area contributed by atoms with Crippen LogP contribution in [0.1, 0.15) is 26.3 Å². The van der Waals surface area contributed by atoms with Crippen molar-refractivity contribution < 1.29 is 14.3 Å². The summed E-state index contributed by atoms with van der Waals surface area (Å²) >= 11 is 3.46. The Hall–Kier alpha value is -2.34. The molecule has 1 heterocycles. The minimum Gasteiger partial charge on any atom is -0.490 e. The quantitative estimate of drug-likeness (QED) is 0.784. The van der Waals surface area contributed by atoms with Crippen molar-refractivity contribution in [1.29, 1.82) is 0 Å². The Bertz CT molecular complexity index is 874. The summed E-state index contributed by atoms with van der Waals surface area (Å²) in [6.45, 7) is 6.65. The van der Waals surface area contributed by atoms with Gasteiger partial charge in [-0.15, -0.1) is 0 Å². The molecule has 0 spiro atoms. The monoisotopic (exact) mass is 430 g/mol. The van der Waals surface area contributed by atoms with Crippen LogP contribution in [-0.4, -0.2) is 25.0 Å². The number of benzene rings is 2. The van der Waals surface area contributed by atoms with Gasteiger partial charge in [-0.05, 0) is 29.8 Å². The molecule has 2 amide bonds. The number of amides is 2. The second kappa shape index (κ2) is 7.72. The first-order valence-electron chi connectivity index (χ1n) is 8.88. The van der Waals surface area contributed by atoms with Gasteiger partial charge in [0.05, 0.1) is 18.7 Å². The zero-order valence-corrected chi connectivity index (χ0v) is 17.3. The minimum atomic E-state index is -0.493. The lowest BCUT2D eigenvalue weighted by molar-refractivity contribution is -0.126. The molecule has 0 saturated carbocycles. The average molecular weight is 431 g/mol. The molecular weight excluding hydrogens is 408 g/mol. The van der Waals surface area contributed by atoms with Crippen LogP contribution in [0, 0.1) is 5.41 Å². The first-order valence-corrected chi connectivity index (χ1v) is 9.67. The first kappa shape index (κ1) is 19.4. The van der Waals surface area contributed by atoms with Crippen molar-refractivity contribution in [2.45, 2.75) is 27.2 Å². The molecule has 0 saturated heterocycles. The van der Waals surface area contributed by atoms with E-state index in [-0.39, 0.29) is 18.2 Å². The topological polar surface area (TPSA) is 58.6 Å². The molecule has 5 nitrogen and oxygen atoms in total. The van der Waals surface area contributed by atoms with Gasteiger partial charge >= 0.3 is 0 Å². The van der Waals surface area contributed by atoms with Crippen molar-refractivity contribution in [3.8, 4) is 5.75 Å². The van der Waals surface area contributed by atoms with Crippen molar-refractivity contribution in [1.82, 2.24) is 0 Å². The van der Waals surface area contributed by atoms with Gasteiger partial charge in [-0.25, -0.2) is 0 Å². The summed E-state index contributed by atoms with van der Waals surface area (Å²) in [4.78, 5) is 26.9. The Kier molecular flexibility index (Phi) is 5.56. The molecule has 6 heteroatoms. The molecule has 1 aliphatic heterocycles. The maximum Gasteiger partial charge on any atom is 0.232 e. The molecule has 27 heavy (non-hydrogen) atoms. The van der Waals surface area contributed by atoms with E-state index in [9.17, 15) is 9.59 Å². The van der Waals surface area contributed by atoms with Crippen LogP contribution in [0.3, 0.4) is 0 Å². The number of nitrogens with zero attached hydrogens (tertiary/aromatic N) is 1. The number of carbonyl (C=O) groups is 2. The number of halogens is 1. The van der Waals surface area contributed by atoms with Gasteiger partial charge in [-0.1, -0.05) is 54.9 Å². The second-order valence-electron chi connectivity index (χ2n) is 7.55. The van der Waals surface area contributed by atoms with Gasteiger partial charge in [-0.3, -0.25) is 9.59 Å². The molecule has 0 aromatic heterocycles. The maximum atomic E-state index is 12.8. The number of carbonyl (C=O) groups excluding carboxylic acids is 2. The number of rotatable bonds is 3. The van der Waals surface area contributed by atoms with Gasteiger partial charge in [0.1, 0.15) is 12.4 Å². The molecule has 0 fully saturated rings. The third-order valence-electron chi connectivity index (χ3n) is 4.30. The molecule has 1 aliphatic rings. The standard InChI is InChI=1S/C21H23BrN2O3/c1-21(2,3)20(26)24-10-11-27-18-9-8-15(13-17(18)24)23-19(25)12-14-6-4-5-7-16(14)22/h4-9,13H,10-12H2,1-3H3,(H,23,25). The van der Waals surface area contributed by atoms with E-state index in [1.54, 1.807) is 23.1 Å². The number of ether oxygens (including phenoxy) is 1. The van der Waals surface area contributed by atoms with Crippen LogP contribution in [0.25, 0.3) is 0 Å². The van der Waals surface area contributed by atoms with Gasteiger partial charge in [0.15, 0.2) is 0 Å². The van der Waals surface area contributed by atoms with Gasteiger partial charge in [0.25, 0.3) is 0 Å². The molecule has 2 aromatic rings. The molecule has 0 bridgehead atoms. The maximum absolute atomic E-state index is 12.8. The lowest BCUT2D eigenvalue weighted by Crippen LogP contribution is -2.44. The molecule has 0 atom stereocenters. The van der Waals surface area contributed by atoms with Gasteiger partial charge in [-0.2, -0.15) is 0 Å². The van der Waals surface area contributed by atoms with E-state index in [1.165, 1.54) is 0 Å². The SMILES string of the molecule is CC(C)(C)C(=O)N1CCOc2ccc(NC(=O)Cc3ccccc3Br)cc21. The zero-order chi connectivity index (χ0) is 19.6. The highest BCUT2D eigenvalue weighted by Gasteiger charge is 2.32. The third-order valence-corrected chi connectivity index (χ3v) is 5.08. The highest BCUT2D eigenvalue weighted by molar-refractivity contribution is 9.10. The Balaban J connectivity index is 1.79. The van der Waals surface area contributed by atoms with E-state index in [1.807, 2.05) is 45.0 Å². The second-order valence-corrected chi connectivity index (χ2v) is 8.41. The number of nitrogens with one attached hydrogen (secondary N) is 1. The van der Waals surface area contributed by atoms with Crippen molar-refractivity contribution in [2.24, 2.45) is 5.41 Å². The van der Waals surface area contributed by atoms with Gasteiger partial charge in [0, 0.05) is 15.6 Å². The Morgan fingerprint density at radius 2 is 1.93 bits per heavy atom. The Morgan fingerprint density at radius 1 is 1.19 bits per heavy atom. The Morgan fingerprint density at radius 3 is 2.63 bits per heavy atom. The molecule has 0 unspecified atom stereocenters. The van der Waals surface area contributed by atoms with Crippen LogP contribution in [0.2, 0.25) is 0 Å². The lowest BCUT2D eigenvalue weighted by atomic mass is 9.94. The smallest absolute Gasteiger partial charge is 0.232 e. The fourth-order valence-electron chi connectivity index (χ4n) is 2.93. The van der Waals surface area contributed by atoms with Crippen molar-refractivity contribution in [3.63, 3.8) is 0 Å². The zero-order valence-electron chi connectivity index (χ0n) is 15.7. The van der Waals surface area contributed by atoms with Crippen molar-refractivity contribution in [2.75, 3.05) is 23.4 Å². The number of hydrogen-bond donors (Lipinski definition) is 1. The highest BCUT2D eigenvalue weighted by atomic mass is 79.9.